The van der Waals surface area contributed by atoms with Crippen LogP contribution in [0.5, 0.6) is 0 Å². The Hall–Kier alpha value is -0.870. The van der Waals surface area contributed by atoms with Crippen LogP contribution in [0.4, 0.5) is 5.69 Å². The molecule has 0 bridgehead atoms. The summed E-state index contributed by atoms with van der Waals surface area (Å²) in [6, 6.07) is 3.43. The van der Waals surface area contributed by atoms with Gasteiger partial charge in [0.2, 0.25) is 5.91 Å². The van der Waals surface area contributed by atoms with E-state index in [0.29, 0.717) is 0 Å². The molecular weight excluding hydrogens is 256 g/mol. The maximum Gasteiger partial charge on any atom is 0.241 e. The third kappa shape index (κ3) is 3.04. The van der Waals surface area contributed by atoms with Gasteiger partial charge in [-0.2, -0.15) is 0 Å². The van der Waals surface area contributed by atoms with Gasteiger partial charge in [0.25, 0.3) is 0 Å². The number of hydrogen-bond donors (Lipinski definition) is 2. The van der Waals surface area contributed by atoms with Crippen molar-refractivity contribution >= 4 is 27.5 Å². The Kier molecular flexibility index (Phi) is 3.88. The van der Waals surface area contributed by atoms with Crippen molar-refractivity contribution in [2.45, 2.75) is 26.8 Å². The van der Waals surface area contributed by atoms with E-state index in [4.69, 9.17) is 5.73 Å². The SMILES string of the molecule is Cc1cc(Br)cc(C)c1NC(=O)[C@H](C)N. The summed E-state index contributed by atoms with van der Waals surface area (Å²) in [5.41, 5.74) is 8.39. The second-order valence-corrected chi connectivity index (χ2v) is 4.61. The largest absolute Gasteiger partial charge is 0.324 e. The number of nitrogens with two attached hydrogens (primary N) is 1. The van der Waals surface area contributed by atoms with Gasteiger partial charge in [-0.1, -0.05) is 15.9 Å². The van der Waals surface area contributed by atoms with Crippen molar-refractivity contribution in [2.75, 3.05) is 5.32 Å². The van der Waals surface area contributed by atoms with Crippen LogP contribution >= 0.6 is 15.9 Å². The fourth-order valence-electron chi connectivity index (χ4n) is 1.34. The molecule has 0 aliphatic carbocycles. The number of carbonyl (C=O) groups is 1. The molecule has 4 heteroatoms. The van der Waals surface area contributed by atoms with Crippen LogP contribution in [0.1, 0.15) is 18.1 Å². The average Bonchev–Trinajstić information content (AvgIpc) is 2.10. The van der Waals surface area contributed by atoms with Gasteiger partial charge in [0.15, 0.2) is 0 Å². The van der Waals surface area contributed by atoms with Crippen molar-refractivity contribution in [1.29, 1.82) is 0 Å². The second-order valence-electron chi connectivity index (χ2n) is 3.69. The van der Waals surface area contributed by atoms with Crippen LogP contribution in [0.25, 0.3) is 0 Å². The number of benzene rings is 1. The summed E-state index contributed by atoms with van der Waals surface area (Å²) in [4.78, 5) is 11.5. The van der Waals surface area contributed by atoms with E-state index in [0.717, 1.165) is 21.3 Å². The molecule has 1 rings (SSSR count). The summed E-state index contributed by atoms with van der Waals surface area (Å²) in [7, 11) is 0. The Morgan fingerprint density at radius 1 is 1.40 bits per heavy atom. The third-order valence-electron chi connectivity index (χ3n) is 2.16. The Balaban J connectivity index is 3.00. The topological polar surface area (TPSA) is 55.1 Å². The van der Waals surface area contributed by atoms with E-state index in [1.165, 1.54) is 0 Å². The predicted molar refractivity (Wildman–Crippen MR) is 65.9 cm³/mol. The lowest BCUT2D eigenvalue weighted by Crippen LogP contribution is -2.32. The van der Waals surface area contributed by atoms with E-state index in [9.17, 15) is 4.79 Å². The highest BCUT2D eigenvalue weighted by molar-refractivity contribution is 9.10. The highest BCUT2D eigenvalue weighted by Gasteiger charge is 2.11. The van der Waals surface area contributed by atoms with Gasteiger partial charge in [0.05, 0.1) is 6.04 Å². The first kappa shape index (κ1) is 12.2. The summed E-state index contributed by atoms with van der Waals surface area (Å²) >= 11 is 3.40. The van der Waals surface area contributed by atoms with Gasteiger partial charge in [-0.15, -0.1) is 0 Å². The summed E-state index contributed by atoms with van der Waals surface area (Å²) in [5.74, 6) is -0.163. The minimum atomic E-state index is -0.493. The summed E-state index contributed by atoms with van der Waals surface area (Å²) in [5, 5.41) is 2.82. The smallest absolute Gasteiger partial charge is 0.241 e. The Morgan fingerprint density at radius 2 is 1.87 bits per heavy atom. The molecule has 0 fully saturated rings. The quantitative estimate of drug-likeness (QED) is 0.867. The van der Waals surface area contributed by atoms with Crippen molar-refractivity contribution in [3.63, 3.8) is 0 Å². The van der Waals surface area contributed by atoms with Crippen molar-refractivity contribution in [3.8, 4) is 0 Å². The molecule has 0 saturated carbocycles. The van der Waals surface area contributed by atoms with Crippen molar-refractivity contribution in [1.82, 2.24) is 0 Å². The normalized spacial score (nSPS) is 12.3. The molecule has 3 nitrogen and oxygen atoms in total. The highest BCUT2D eigenvalue weighted by Crippen LogP contribution is 2.25. The zero-order valence-electron chi connectivity index (χ0n) is 9.10. The number of rotatable bonds is 2. The number of aryl methyl sites for hydroxylation is 2. The Labute approximate surface area is 98.2 Å². The fraction of sp³-hybridized carbons (Fsp3) is 0.364. The molecule has 3 N–H and O–H groups in total. The zero-order chi connectivity index (χ0) is 11.6. The summed E-state index contributed by atoms with van der Waals surface area (Å²) in [6.45, 7) is 5.57. The van der Waals surface area contributed by atoms with Crippen LogP contribution in [-0.4, -0.2) is 11.9 Å². The minimum absolute atomic E-state index is 0.163. The van der Waals surface area contributed by atoms with Crippen molar-refractivity contribution in [2.24, 2.45) is 5.73 Å². The standard InChI is InChI=1S/C11H15BrN2O/c1-6-4-9(12)5-7(2)10(6)14-11(15)8(3)13/h4-5,8H,13H2,1-3H3,(H,14,15)/t8-/m0/s1. The predicted octanol–water partition coefficient (Wildman–Crippen LogP) is 2.35. The lowest BCUT2D eigenvalue weighted by atomic mass is 10.1. The lowest BCUT2D eigenvalue weighted by Gasteiger charge is -2.13. The van der Waals surface area contributed by atoms with Gasteiger partial charge in [0, 0.05) is 10.2 Å². The fourth-order valence-corrected chi connectivity index (χ4v) is 2.03. The Bertz CT molecular complexity index is 365. The van der Waals surface area contributed by atoms with Crippen LogP contribution in [0.15, 0.2) is 16.6 Å². The molecular formula is C11H15BrN2O. The molecule has 0 aliphatic heterocycles. The van der Waals surface area contributed by atoms with Crippen LogP contribution in [0.3, 0.4) is 0 Å². The van der Waals surface area contributed by atoms with Gasteiger partial charge in [-0.05, 0) is 44.0 Å². The second kappa shape index (κ2) is 4.77. The van der Waals surface area contributed by atoms with Gasteiger partial charge < -0.3 is 11.1 Å². The van der Waals surface area contributed by atoms with Crippen LogP contribution < -0.4 is 11.1 Å². The number of amides is 1. The van der Waals surface area contributed by atoms with Crippen LogP contribution in [0, 0.1) is 13.8 Å². The molecule has 0 heterocycles. The van der Waals surface area contributed by atoms with Gasteiger partial charge in [-0.25, -0.2) is 0 Å². The lowest BCUT2D eigenvalue weighted by molar-refractivity contribution is -0.117. The maximum absolute atomic E-state index is 11.5. The van der Waals surface area contributed by atoms with Gasteiger partial charge >= 0.3 is 0 Å². The van der Waals surface area contributed by atoms with Crippen LogP contribution in [0.2, 0.25) is 0 Å². The van der Waals surface area contributed by atoms with E-state index in [1.54, 1.807) is 6.92 Å². The molecule has 0 radical (unpaired) electrons. The van der Waals surface area contributed by atoms with Crippen LogP contribution in [-0.2, 0) is 4.79 Å². The maximum atomic E-state index is 11.5. The third-order valence-corrected chi connectivity index (χ3v) is 2.62. The van der Waals surface area contributed by atoms with Gasteiger partial charge in [-0.3, -0.25) is 4.79 Å². The van der Waals surface area contributed by atoms with Crippen molar-refractivity contribution < 1.29 is 4.79 Å². The molecule has 0 unspecified atom stereocenters. The molecule has 15 heavy (non-hydrogen) atoms. The summed E-state index contributed by atoms with van der Waals surface area (Å²) < 4.78 is 1.01. The first-order valence-electron chi connectivity index (χ1n) is 4.75. The molecule has 0 aliphatic rings. The number of nitrogens with one attached hydrogen (secondary N) is 1. The summed E-state index contributed by atoms with van der Waals surface area (Å²) in [6.07, 6.45) is 0. The van der Waals surface area contributed by atoms with Gasteiger partial charge in [0.1, 0.15) is 0 Å². The first-order valence-corrected chi connectivity index (χ1v) is 5.54. The molecule has 82 valence electrons. The highest BCUT2D eigenvalue weighted by atomic mass is 79.9. The molecule has 1 atom stereocenters. The molecule has 1 aromatic rings. The van der Waals surface area contributed by atoms with Crippen molar-refractivity contribution in [3.05, 3.63) is 27.7 Å². The number of halogens is 1. The van der Waals surface area contributed by atoms with E-state index in [2.05, 4.69) is 21.2 Å². The minimum Gasteiger partial charge on any atom is -0.324 e. The molecule has 0 saturated heterocycles. The molecule has 1 amide bonds. The van der Waals surface area contributed by atoms with E-state index >= 15 is 0 Å². The average molecular weight is 271 g/mol. The van der Waals surface area contributed by atoms with E-state index < -0.39 is 6.04 Å². The molecule has 0 aromatic heterocycles. The number of hydrogen-bond acceptors (Lipinski definition) is 2. The monoisotopic (exact) mass is 270 g/mol. The number of anilines is 1. The zero-order valence-corrected chi connectivity index (χ0v) is 10.7. The molecule has 0 spiro atoms. The molecule has 1 aromatic carbocycles. The first-order chi connectivity index (χ1) is 6.91. The number of carbonyl (C=O) groups excluding carboxylic acids is 1. The Morgan fingerprint density at radius 3 is 2.27 bits per heavy atom. The van der Waals surface area contributed by atoms with E-state index in [-0.39, 0.29) is 5.91 Å². The van der Waals surface area contributed by atoms with E-state index in [1.807, 2.05) is 26.0 Å².